The van der Waals surface area contributed by atoms with Crippen molar-refractivity contribution in [1.29, 1.82) is 0 Å². The number of primary amides is 1. The van der Waals surface area contributed by atoms with E-state index in [1.165, 1.54) is 45.9 Å². The molecule has 1 aromatic rings. The van der Waals surface area contributed by atoms with Crippen LogP contribution in [0.15, 0.2) is 12.5 Å². The number of carbonyl (C=O) groups is 18. The first-order valence-electron chi connectivity index (χ1n) is 40.7. The summed E-state index contributed by atoms with van der Waals surface area (Å²) in [6.07, 6.45) is 7.09. The molecule has 14 atom stereocenters. The predicted molar refractivity (Wildman–Crippen MR) is 429 cm³/mol. The number of carboxylic acid groups (broad SMARTS) is 2. The van der Waals surface area contributed by atoms with Gasteiger partial charge in [0.05, 0.1) is 31.9 Å². The minimum atomic E-state index is -1.80. The third-order valence-electron chi connectivity index (χ3n) is 20.9. The molecule has 22 N–H and O–H groups in total. The molecule has 4 aliphatic heterocycles. The Labute approximate surface area is 691 Å². The molecule has 660 valence electrons. The lowest BCUT2D eigenvalue weighted by Crippen LogP contribution is -2.61. The van der Waals surface area contributed by atoms with Gasteiger partial charge in [-0.3, -0.25) is 81.5 Å². The predicted octanol–water partition coefficient (Wildman–Crippen LogP) is -4.56. The first-order chi connectivity index (χ1) is 55.9. The van der Waals surface area contributed by atoms with Crippen molar-refractivity contribution >= 4 is 118 Å². The Kier molecular flexibility index (Phi) is 41.2. The van der Waals surface area contributed by atoms with E-state index >= 15 is 0 Å². The Morgan fingerprint density at radius 2 is 0.958 bits per heavy atom. The van der Waals surface area contributed by atoms with Crippen molar-refractivity contribution in [2.24, 2.45) is 40.7 Å². The summed E-state index contributed by atoms with van der Waals surface area (Å²) in [7, 11) is 0. The Balaban J connectivity index is 1.22. The van der Waals surface area contributed by atoms with Crippen LogP contribution in [0.1, 0.15) is 183 Å². The molecule has 5 heterocycles. The molecule has 1 aromatic heterocycles. The smallest absolute Gasteiger partial charge is 0.326 e. The van der Waals surface area contributed by atoms with Gasteiger partial charge in [0.15, 0.2) is 0 Å². The normalized spacial score (nSPS) is 19.1. The summed E-state index contributed by atoms with van der Waals surface area (Å²) in [6, 6.07) is -18.1. The molecule has 41 nitrogen and oxygen atoms in total. The van der Waals surface area contributed by atoms with Crippen LogP contribution in [0.2, 0.25) is 0 Å². The zero-order valence-electron chi connectivity index (χ0n) is 68.9. The van der Waals surface area contributed by atoms with Crippen LogP contribution in [0.25, 0.3) is 0 Å². The maximum absolute atomic E-state index is 14.7. The van der Waals surface area contributed by atoms with E-state index in [-0.39, 0.29) is 122 Å². The monoisotopic (exact) mass is 1680 g/mol. The van der Waals surface area contributed by atoms with E-state index < -0.39 is 216 Å². The highest BCUT2D eigenvalue weighted by atomic mass is 32.2. The number of aromatic nitrogens is 2. The zero-order valence-corrected chi connectivity index (χ0v) is 69.7. The minimum Gasteiger partial charge on any atom is -0.481 e. The molecule has 4 saturated heterocycles. The number of carbonyl (C=O) groups excluding carboxylic acids is 16. The Bertz CT molecular complexity index is 3650. The van der Waals surface area contributed by atoms with Crippen molar-refractivity contribution in [2.45, 2.75) is 268 Å². The number of aromatic amines is 1. The Hall–Kier alpha value is -10.1. The molecule has 0 aliphatic carbocycles. The van der Waals surface area contributed by atoms with E-state index in [1.54, 1.807) is 34.0 Å². The quantitative estimate of drug-likeness (QED) is 0.0273. The zero-order chi connectivity index (χ0) is 87.6. The van der Waals surface area contributed by atoms with Gasteiger partial charge in [0.2, 0.25) is 94.5 Å². The summed E-state index contributed by atoms with van der Waals surface area (Å²) >= 11 is 1.35. The Morgan fingerprint density at radius 1 is 0.500 bits per heavy atom. The number of nitrogens with zero attached hydrogens (tertiary/aromatic N) is 5. The number of imidazole rings is 1. The molecule has 0 unspecified atom stereocenters. The number of rotatable bonds is 50. The average molecular weight is 1690 g/mol. The van der Waals surface area contributed by atoms with Crippen LogP contribution in [-0.2, 0) is 92.7 Å². The summed E-state index contributed by atoms with van der Waals surface area (Å²) < 4.78 is 0. The van der Waals surface area contributed by atoms with Crippen LogP contribution >= 0.6 is 11.8 Å². The number of hydrogen-bond acceptors (Lipinski definition) is 23. The van der Waals surface area contributed by atoms with Crippen LogP contribution in [0.3, 0.4) is 0 Å². The molecule has 0 radical (unpaired) electrons. The van der Waals surface area contributed by atoms with Gasteiger partial charge in [0.1, 0.15) is 78.5 Å². The average Bonchev–Trinajstić information content (AvgIpc) is 1.64. The largest absolute Gasteiger partial charge is 0.481 e. The SMILES string of the molecule is CSCC[C@H](NC(=O)[C@@H]1CCCN1C(=O)[C@H](CC(=O)O)NC(=O)[C@H](C)NC(=O)[C@@H](NC(=O)[C@H](CC(C)C)NC(=O)[C@H](Cc1cnc[nH]1)NC(=O)[C@@H]1CCCN1C(=O)[C@@H]1CCCN1C(=O)CNC(=O)[C@H](CCC(N)=O)NC(=O)[C@@H]1CCCN1C(=O)CNC(=O)[C@@H](N)CC(C)C)C(C)C)C(=O)N[C@@H](CCCCN)C(=O)N[C@@H](CCCCN)C(=O)O. The van der Waals surface area contributed by atoms with Gasteiger partial charge in [0, 0.05) is 50.9 Å². The lowest BCUT2D eigenvalue weighted by Gasteiger charge is -2.32. The lowest BCUT2D eigenvalue weighted by atomic mass is 9.99. The van der Waals surface area contributed by atoms with Gasteiger partial charge in [-0.05, 0) is 165 Å². The number of H-pyrrole nitrogens is 1. The highest BCUT2D eigenvalue weighted by Crippen LogP contribution is 2.27. The second kappa shape index (κ2) is 49.3. The standard InChI is InChI=1S/C76H125N21O20S/c1-41(2)33-46(79)64(104)82-38-59(99)94-28-13-19-54(94)70(110)87-48(23-24-58(80)98)65(105)83-39-60(100)95-29-16-22-57(95)75(115)97-31-15-21-56(97)72(112)91-52(35-45-37-81-40-84-45)68(108)90-51(34-42(3)4)69(109)93-62(43(5)6)73(113)85-44(7)63(103)92-53(36-61(101)102)74(114)96-30-14-20-55(96)71(111)88-49(25-32-118-8)67(107)86-47(17-9-11-26-77)66(106)89-50(76(116)117)18-10-12-27-78/h37,40-44,46-57,62H,9-36,38-39,77-79H2,1-8H3,(H2,80,98)(H,81,84)(H,82,104)(H,83,105)(H,85,113)(H,86,107)(H,87,110)(H,88,111)(H,89,106)(H,90,108)(H,91,112)(H,92,103)(H,93,109)(H,101,102)(H,116,117)/t44-,46-,47-,48-,49-,50-,51-,52-,53-,54-,55-,56-,57-,62-/m0/s1. The summed E-state index contributed by atoms with van der Waals surface area (Å²) in [5.41, 5.74) is 23.1. The first-order valence-corrected chi connectivity index (χ1v) is 42.1. The van der Waals surface area contributed by atoms with E-state index in [0.717, 1.165) is 4.90 Å². The molecule has 0 spiro atoms. The fourth-order valence-electron chi connectivity index (χ4n) is 14.6. The molecular weight excluding hydrogens is 1560 g/mol. The van der Waals surface area contributed by atoms with E-state index in [1.807, 2.05) is 13.8 Å². The maximum atomic E-state index is 14.7. The van der Waals surface area contributed by atoms with Gasteiger partial charge in [-0.15, -0.1) is 0 Å². The van der Waals surface area contributed by atoms with Crippen molar-refractivity contribution in [1.82, 2.24) is 88.1 Å². The fourth-order valence-corrected chi connectivity index (χ4v) is 15.1. The van der Waals surface area contributed by atoms with Crippen LogP contribution in [0.5, 0.6) is 0 Å². The van der Waals surface area contributed by atoms with Crippen LogP contribution < -0.4 is 81.4 Å². The number of thioether (sulfide) groups is 1. The third kappa shape index (κ3) is 31.0. The van der Waals surface area contributed by atoms with Crippen molar-refractivity contribution in [3.8, 4) is 0 Å². The van der Waals surface area contributed by atoms with Gasteiger partial charge in [-0.2, -0.15) is 11.8 Å². The Morgan fingerprint density at radius 3 is 1.47 bits per heavy atom. The van der Waals surface area contributed by atoms with Gasteiger partial charge in [-0.25, -0.2) is 9.78 Å². The van der Waals surface area contributed by atoms with E-state index in [0.29, 0.717) is 69.4 Å². The summed E-state index contributed by atoms with van der Waals surface area (Å²) in [5, 5.41) is 48.4. The molecule has 4 fully saturated rings. The highest BCUT2D eigenvalue weighted by Gasteiger charge is 2.46. The molecule has 0 saturated carbocycles. The van der Waals surface area contributed by atoms with Crippen molar-refractivity contribution in [2.75, 3.05) is 64.4 Å². The van der Waals surface area contributed by atoms with Crippen molar-refractivity contribution < 1.29 is 96.5 Å². The van der Waals surface area contributed by atoms with Gasteiger partial charge in [-0.1, -0.05) is 41.5 Å². The third-order valence-corrected chi connectivity index (χ3v) is 21.6. The van der Waals surface area contributed by atoms with Crippen LogP contribution in [-0.4, -0.2) is 295 Å². The molecule has 0 bridgehead atoms. The minimum absolute atomic E-state index is 0.00910. The molecule has 42 heteroatoms. The number of hydrogen-bond donors (Lipinski definition) is 18. The number of aliphatic carboxylic acids is 2. The number of carboxylic acids is 2. The number of nitrogens with two attached hydrogens (primary N) is 4. The molecule has 4 aliphatic rings. The number of likely N-dealkylation sites (tertiary alicyclic amines) is 4. The maximum Gasteiger partial charge on any atom is 0.326 e. The van der Waals surface area contributed by atoms with Crippen molar-refractivity contribution in [3.05, 3.63) is 18.2 Å². The van der Waals surface area contributed by atoms with Crippen LogP contribution in [0, 0.1) is 17.8 Å². The summed E-state index contributed by atoms with van der Waals surface area (Å²) in [5.74, 6) is -15.7. The number of nitrogens with one attached hydrogen (secondary N) is 12. The number of unbranched alkanes of at least 4 members (excludes halogenated alkanes) is 2. The lowest BCUT2D eigenvalue weighted by molar-refractivity contribution is -0.147. The van der Waals surface area contributed by atoms with E-state index in [4.69, 9.17) is 22.9 Å². The highest BCUT2D eigenvalue weighted by molar-refractivity contribution is 7.98. The molecule has 16 amide bonds. The molecular formula is C76H125N21O20S. The van der Waals surface area contributed by atoms with Gasteiger partial charge in [0.25, 0.3) is 0 Å². The van der Waals surface area contributed by atoms with Gasteiger partial charge < -0.3 is 116 Å². The summed E-state index contributed by atoms with van der Waals surface area (Å²) in [6.45, 7) is 11.5. The van der Waals surface area contributed by atoms with E-state index in [2.05, 4.69) is 68.5 Å². The van der Waals surface area contributed by atoms with Crippen LogP contribution in [0.4, 0.5) is 0 Å². The second-order valence-corrected chi connectivity index (χ2v) is 32.6. The topological polar surface area (TPSA) is 626 Å². The van der Waals surface area contributed by atoms with Crippen molar-refractivity contribution in [3.63, 3.8) is 0 Å². The van der Waals surface area contributed by atoms with Gasteiger partial charge >= 0.3 is 11.9 Å². The second-order valence-electron chi connectivity index (χ2n) is 31.6. The number of amides is 16. The molecule has 5 rings (SSSR count). The van der Waals surface area contributed by atoms with E-state index in [9.17, 15) is 96.5 Å². The summed E-state index contributed by atoms with van der Waals surface area (Å²) in [4.78, 5) is 259. The molecule has 118 heavy (non-hydrogen) atoms. The molecule has 0 aromatic carbocycles. The fraction of sp³-hybridized carbons (Fsp3) is 0.724. The first kappa shape index (κ1) is 98.5.